The Bertz CT molecular complexity index is 2290. The van der Waals surface area contributed by atoms with Crippen molar-refractivity contribution >= 4 is 34.7 Å². The van der Waals surface area contributed by atoms with Gasteiger partial charge in [0.25, 0.3) is 0 Å². The van der Waals surface area contributed by atoms with Crippen molar-refractivity contribution in [2.75, 3.05) is 17.7 Å². The average molecular weight is 698 g/mol. The fraction of sp³-hybridized carbons (Fsp3) is 0.154. The molecule has 3 heterocycles. The predicted molar refractivity (Wildman–Crippen MR) is 198 cm³/mol. The summed E-state index contributed by atoms with van der Waals surface area (Å²) < 4.78 is 16.9. The molecule has 7 aromatic rings. The molecule has 0 atom stereocenters. The van der Waals surface area contributed by atoms with Crippen molar-refractivity contribution < 1.29 is 14.3 Å². The van der Waals surface area contributed by atoms with Crippen LogP contribution in [0.2, 0.25) is 0 Å². The van der Waals surface area contributed by atoms with E-state index in [2.05, 4.69) is 15.5 Å². The molecule has 11 nitrogen and oxygen atoms in total. The van der Waals surface area contributed by atoms with Gasteiger partial charge in [-0.05, 0) is 66.6 Å². The topological polar surface area (TPSA) is 118 Å². The van der Waals surface area contributed by atoms with E-state index in [1.807, 2.05) is 133 Å². The number of rotatable bonds is 14. The zero-order chi connectivity index (χ0) is 35.0. The maximum Gasteiger partial charge on any atom is 0.330 e. The Morgan fingerprint density at radius 1 is 0.725 bits per heavy atom. The van der Waals surface area contributed by atoms with Gasteiger partial charge >= 0.3 is 5.69 Å². The molecule has 0 saturated carbocycles. The number of nitrogens with one attached hydrogen (secondary N) is 1. The lowest BCUT2D eigenvalue weighted by molar-refractivity contribution is -0.113. The normalized spacial score (nSPS) is 11.1. The molecule has 1 N–H and O–H groups in total. The first-order valence-corrected chi connectivity index (χ1v) is 17.5. The van der Waals surface area contributed by atoms with Gasteiger partial charge in [-0.1, -0.05) is 90.6 Å². The summed E-state index contributed by atoms with van der Waals surface area (Å²) in [4.78, 5) is 31.9. The molecule has 0 aliphatic heterocycles. The zero-order valence-corrected chi connectivity index (χ0v) is 28.7. The SMILES string of the molecule is CCOc1ccc(-n2c(COc3ccccc3)nnc2SCC(=O)Nc2ccc3c(n2)n(Cc2ccccc2)c(=O)n3Cc2ccccc2)cc1. The number of anilines is 1. The molecule has 0 fully saturated rings. The van der Waals surface area contributed by atoms with Crippen LogP contribution >= 0.6 is 11.8 Å². The van der Waals surface area contributed by atoms with Crippen molar-refractivity contribution in [3.05, 3.63) is 155 Å². The number of aromatic nitrogens is 6. The van der Waals surface area contributed by atoms with E-state index < -0.39 is 0 Å². The molecule has 0 spiro atoms. The van der Waals surface area contributed by atoms with Crippen LogP contribution in [0.25, 0.3) is 16.9 Å². The second kappa shape index (κ2) is 15.6. The van der Waals surface area contributed by atoms with Gasteiger partial charge in [-0.2, -0.15) is 0 Å². The summed E-state index contributed by atoms with van der Waals surface area (Å²) in [6.07, 6.45) is 0. The number of thioether (sulfide) groups is 1. The van der Waals surface area contributed by atoms with Crippen LogP contribution in [0.4, 0.5) is 5.82 Å². The molecule has 0 aliphatic carbocycles. The van der Waals surface area contributed by atoms with E-state index >= 15 is 0 Å². The van der Waals surface area contributed by atoms with Crippen LogP contribution in [-0.4, -0.2) is 47.1 Å². The van der Waals surface area contributed by atoms with Gasteiger partial charge in [0.2, 0.25) is 5.91 Å². The smallest absolute Gasteiger partial charge is 0.330 e. The molecule has 0 saturated heterocycles. The minimum Gasteiger partial charge on any atom is -0.494 e. The number of amides is 1. The third-order valence-electron chi connectivity index (χ3n) is 8.05. The molecule has 0 unspecified atom stereocenters. The Hall–Kier alpha value is -6.14. The number of hydrogen-bond acceptors (Lipinski definition) is 8. The number of hydrogen-bond donors (Lipinski definition) is 1. The zero-order valence-electron chi connectivity index (χ0n) is 27.9. The maximum absolute atomic E-state index is 13.8. The summed E-state index contributed by atoms with van der Waals surface area (Å²) in [6, 6.07) is 40.2. The van der Waals surface area contributed by atoms with Crippen LogP contribution in [0.5, 0.6) is 11.5 Å². The Morgan fingerprint density at radius 3 is 2.02 bits per heavy atom. The molecule has 256 valence electrons. The summed E-state index contributed by atoms with van der Waals surface area (Å²) >= 11 is 1.25. The standard InChI is InChI=1S/C39H35N7O4S/c1-2-49-32-20-18-30(19-21-32)46-35(26-50-31-16-10-5-11-17-31)42-43-38(46)51-27-36(47)40-34-23-22-33-37(41-34)45(25-29-14-8-4-9-15-29)39(48)44(33)24-28-12-6-3-7-13-28/h3-23H,2,24-27H2,1H3,(H,40,41,47). The summed E-state index contributed by atoms with van der Waals surface area (Å²) in [6.45, 7) is 3.41. The molecule has 1 amide bonds. The van der Waals surface area contributed by atoms with Crippen molar-refractivity contribution in [3.8, 4) is 17.2 Å². The van der Waals surface area contributed by atoms with E-state index in [4.69, 9.17) is 14.5 Å². The van der Waals surface area contributed by atoms with E-state index in [0.717, 1.165) is 22.6 Å². The van der Waals surface area contributed by atoms with Gasteiger partial charge < -0.3 is 14.8 Å². The molecular formula is C39H35N7O4S. The van der Waals surface area contributed by atoms with Gasteiger partial charge in [0, 0.05) is 5.69 Å². The molecule has 4 aromatic carbocycles. The minimum atomic E-state index is -0.282. The second-order valence-corrected chi connectivity index (χ2v) is 12.5. The number of carbonyl (C=O) groups is 1. The van der Waals surface area contributed by atoms with Crippen LogP contribution in [0, 0.1) is 0 Å². The number of para-hydroxylation sites is 1. The Morgan fingerprint density at radius 2 is 1.35 bits per heavy atom. The number of fused-ring (bicyclic) bond motifs is 1. The van der Waals surface area contributed by atoms with Gasteiger partial charge in [0.05, 0.1) is 31.0 Å². The molecular weight excluding hydrogens is 663 g/mol. The Labute approximate surface area is 298 Å². The average Bonchev–Trinajstić information content (AvgIpc) is 3.69. The number of benzene rings is 4. The number of ether oxygens (including phenoxy) is 2. The molecule has 12 heteroatoms. The lowest BCUT2D eigenvalue weighted by Gasteiger charge is -2.12. The van der Waals surface area contributed by atoms with Gasteiger partial charge in [-0.25, -0.2) is 9.78 Å². The van der Waals surface area contributed by atoms with E-state index in [1.165, 1.54) is 11.8 Å². The van der Waals surface area contributed by atoms with E-state index in [1.54, 1.807) is 15.2 Å². The van der Waals surface area contributed by atoms with Crippen molar-refractivity contribution in [2.45, 2.75) is 31.8 Å². The highest BCUT2D eigenvalue weighted by Gasteiger charge is 2.19. The predicted octanol–water partition coefficient (Wildman–Crippen LogP) is 6.58. The number of imidazole rings is 1. The number of nitrogens with zero attached hydrogens (tertiary/aromatic N) is 6. The molecule has 7 rings (SSSR count). The van der Waals surface area contributed by atoms with Crippen LogP contribution < -0.4 is 20.5 Å². The first-order valence-electron chi connectivity index (χ1n) is 16.5. The van der Waals surface area contributed by atoms with Crippen LogP contribution in [0.1, 0.15) is 23.9 Å². The lowest BCUT2D eigenvalue weighted by Crippen LogP contribution is -2.25. The Kier molecular flexibility index (Phi) is 10.2. The molecule has 0 radical (unpaired) electrons. The molecule has 0 bridgehead atoms. The fourth-order valence-corrected chi connectivity index (χ4v) is 6.44. The van der Waals surface area contributed by atoms with E-state index in [9.17, 15) is 9.59 Å². The van der Waals surface area contributed by atoms with Crippen molar-refractivity contribution in [1.29, 1.82) is 0 Å². The highest BCUT2D eigenvalue weighted by Crippen LogP contribution is 2.26. The van der Waals surface area contributed by atoms with Gasteiger partial charge in [0.15, 0.2) is 16.6 Å². The summed E-state index contributed by atoms with van der Waals surface area (Å²) in [5.41, 5.74) is 3.77. The van der Waals surface area contributed by atoms with Crippen LogP contribution in [0.15, 0.2) is 137 Å². The minimum absolute atomic E-state index is 0.0419. The first-order chi connectivity index (χ1) is 25.1. The molecule has 51 heavy (non-hydrogen) atoms. The third-order valence-corrected chi connectivity index (χ3v) is 8.98. The fourth-order valence-electron chi connectivity index (χ4n) is 5.66. The van der Waals surface area contributed by atoms with Crippen molar-refractivity contribution in [1.82, 2.24) is 28.9 Å². The van der Waals surface area contributed by atoms with E-state index in [-0.39, 0.29) is 24.0 Å². The Balaban J connectivity index is 1.12. The van der Waals surface area contributed by atoms with Crippen LogP contribution in [0.3, 0.4) is 0 Å². The highest BCUT2D eigenvalue weighted by atomic mass is 32.2. The molecule has 3 aromatic heterocycles. The largest absolute Gasteiger partial charge is 0.494 e. The quantitative estimate of drug-likeness (QED) is 0.127. The van der Waals surface area contributed by atoms with Gasteiger partial charge in [-0.3, -0.25) is 18.5 Å². The second-order valence-electron chi connectivity index (χ2n) is 11.6. The number of pyridine rings is 1. The lowest BCUT2D eigenvalue weighted by atomic mass is 10.2. The molecule has 0 aliphatic rings. The third kappa shape index (κ3) is 7.86. The monoisotopic (exact) mass is 697 g/mol. The first kappa shape index (κ1) is 33.4. The van der Waals surface area contributed by atoms with E-state index in [0.29, 0.717) is 53.4 Å². The van der Waals surface area contributed by atoms with Crippen molar-refractivity contribution in [2.24, 2.45) is 0 Å². The summed E-state index contributed by atoms with van der Waals surface area (Å²) in [7, 11) is 0. The van der Waals surface area contributed by atoms with Crippen molar-refractivity contribution in [3.63, 3.8) is 0 Å². The van der Waals surface area contributed by atoms with Gasteiger partial charge in [-0.15, -0.1) is 10.2 Å². The summed E-state index contributed by atoms with van der Waals surface area (Å²) in [5.74, 6) is 2.14. The van der Waals surface area contributed by atoms with Gasteiger partial charge in [0.1, 0.15) is 23.9 Å². The van der Waals surface area contributed by atoms with Crippen LogP contribution in [-0.2, 0) is 24.5 Å². The maximum atomic E-state index is 13.8. The highest BCUT2D eigenvalue weighted by molar-refractivity contribution is 7.99. The summed E-state index contributed by atoms with van der Waals surface area (Å²) in [5, 5.41) is 12.3. The number of carbonyl (C=O) groups excluding carboxylic acids is 1.